The molecular weight excluding hydrogens is 344 g/mol. The zero-order chi connectivity index (χ0) is 18.7. The summed E-state index contributed by atoms with van der Waals surface area (Å²) in [6.07, 6.45) is 0.816. The van der Waals surface area contributed by atoms with Gasteiger partial charge >= 0.3 is 0 Å². The first kappa shape index (κ1) is 17.9. The number of hydrogen-bond donors (Lipinski definition) is 2. The number of rotatable bonds is 3. The van der Waals surface area contributed by atoms with E-state index in [9.17, 15) is 23.5 Å². The molecule has 0 saturated carbocycles. The topological polar surface area (TPSA) is 82.5 Å². The Morgan fingerprint density at radius 2 is 1.92 bits per heavy atom. The van der Waals surface area contributed by atoms with Crippen molar-refractivity contribution in [3.05, 3.63) is 65.5 Å². The van der Waals surface area contributed by atoms with Crippen LogP contribution < -0.4 is 5.32 Å². The molecule has 0 unspecified atom stereocenters. The van der Waals surface area contributed by atoms with Crippen LogP contribution in [0.1, 0.15) is 27.3 Å². The van der Waals surface area contributed by atoms with Gasteiger partial charge in [0.05, 0.1) is 12.1 Å². The summed E-state index contributed by atoms with van der Waals surface area (Å²) in [6, 6.07) is 6.87. The fourth-order valence-corrected chi connectivity index (χ4v) is 2.87. The van der Waals surface area contributed by atoms with Gasteiger partial charge in [0.2, 0.25) is 0 Å². The van der Waals surface area contributed by atoms with Crippen LogP contribution in [0.25, 0.3) is 0 Å². The minimum Gasteiger partial charge on any atom is -0.389 e. The summed E-state index contributed by atoms with van der Waals surface area (Å²) in [5.41, 5.74) is 0.110. The maximum atomic E-state index is 13.2. The lowest BCUT2D eigenvalue weighted by Crippen LogP contribution is -2.55. The number of aliphatic hydroxyl groups excluding tert-OH is 1. The molecule has 26 heavy (non-hydrogen) atoms. The number of likely N-dealkylation sites (tertiary alicyclic amines) is 1. The number of carbonyl (C=O) groups excluding carboxylic acids is 2. The maximum absolute atomic E-state index is 13.2. The van der Waals surface area contributed by atoms with Gasteiger partial charge in [-0.2, -0.15) is 0 Å². The Labute approximate surface area is 148 Å². The lowest BCUT2D eigenvalue weighted by molar-refractivity contribution is 0.0311. The van der Waals surface area contributed by atoms with Crippen LogP contribution in [0, 0.1) is 11.6 Å². The van der Waals surface area contributed by atoms with Crippen LogP contribution in [-0.4, -0.2) is 52.0 Å². The number of aromatic nitrogens is 1. The highest BCUT2D eigenvalue weighted by Crippen LogP contribution is 2.15. The average Bonchev–Trinajstić information content (AvgIpc) is 2.62. The number of aliphatic hydroxyl groups is 1. The van der Waals surface area contributed by atoms with E-state index in [4.69, 9.17) is 0 Å². The normalized spacial score (nSPS) is 19.9. The predicted molar refractivity (Wildman–Crippen MR) is 88.4 cm³/mol. The standard InChI is InChI=1S/C18H17F2N3O3/c19-12-7-11(8-13(20)9-12)17(25)22-14-4-6-23(10-16(14)24)18(26)15-3-1-2-5-21-15/h1-3,5,7-9,14,16,24H,4,6,10H2,(H,22,25)/t14-,16-/m1/s1. The van der Waals surface area contributed by atoms with Crippen molar-refractivity contribution in [2.24, 2.45) is 0 Å². The number of β-amino-alcohol motifs (C(OH)–C–C–N with tert-alkyl or cyclic N) is 1. The highest BCUT2D eigenvalue weighted by Gasteiger charge is 2.32. The molecular formula is C18H17F2N3O3. The second-order valence-corrected chi connectivity index (χ2v) is 6.06. The number of benzene rings is 1. The van der Waals surface area contributed by atoms with E-state index in [1.165, 1.54) is 11.1 Å². The van der Waals surface area contributed by atoms with Crippen LogP contribution in [0.3, 0.4) is 0 Å². The molecule has 2 aromatic rings. The van der Waals surface area contributed by atoms with E-state index in [1.54, 1.807) is 18.2 Å². The molecule has 3 rings (SSSR count). The number of hydrogen-bond acceptors (Lipinski definition) is 4. The Bertz CT molecular complexity index is 796. The van der Waals surface area contributed by atoms with Crippen molar-refractivity contribution in [3.63, 3.8) is 0 Å². The number of pyridine rings is 1. The monoisotopic (exact) mass is 361 g/mol. The largest absolute Gasteiger partial charge is 0.389 e. The van der Waals surface area contributed by atoms with E-state index < -0.39 is 29.7 Å². The minimum absolute atomic E-state index is 0.0257. The molecule has 1 aromatic heterocycles. The number of carbonyl (C=O) groups is 2. The molecule has 1 fully saturated rings. The average molecular weight is 361 g/mol. The Morgan fingerprint density at radius 3 is 2.54 bits per heavy atom. The summed E-state index contributed by atoms with van der Waals surface area (Å²) in [6.45, 7) is 0.340. The molecule has 1 aromatic carbocycles. The van der Waals surface area contributed by atoms with Crippen molar-refractivity contribution in [1.29, 1.82) is 0 Å². The molecule has 1 aliphatic rings. The van der Waals surface area contributed by atoms with Gasteiger partial charge in [-0.3, -0.25) is 14.6 Å². The van der Waals surface area contributed by atoms with Gasteiger partial charge in [0.15, 0.2) is 0 Å². The highest BCUT2D eigenvalue weighted by atomic mass is 19.1. The molecule has 6 nitrogen and oxygen atoms in total. The Kier molecular flexibility index (Phi) is 5.22. The Morgan fingerprint density at radius 1 is 1.19 bits per heavy atom. The van der Waals surface area contributed by atoms with Gasteiger partial charge in [-0.15, -0.1) is 0 Å². The number of nitrogens with one attached hydrogen (secondary N) is 1. The zero-order valence-electron chi connectivity index (χ0n) is 13.7. The van der Waals surface area contributed by atoms with Crippen LogP contribution >= 0.6 is 0 Å². The van der Waals surface area contributed by atoms with Gasteiger partial charge in [0.25, 0.3) is 11.8 Å². The molecule has 1 saturated heterocycles. The first-order valence-electron chi connectivity index (χ1n) is 8.09. The fourth-order valence-electron chi connectivity index (χ4n) is 2.87. The second kappa shape index (κ2) is 7.57. The molecule has 1 aliphatic heterocycles. The molecule has 2 heterocycles. The SMILES string of the molecule is O=C(N[C@@H]1CCN(C(=O)c2ccccn2)C[C@H]1O)c1cc(F)cc(F)c1. The minimum atomic E-state index is -1.00. The molecule has 0 spiro atoms. The lowest BCUT2D eigenvalue weighted by Gasteiger charge is -2.36. The van der Waals surface area contributed by atoms with E-state index in [1.807, 2.05) is 0 Å². The van der Waals surface area contributed by atoms with Gasteiger partial charge in [-0.1, -0.05) is 6.07 Å². The summed E-state index contributed by atoms with van der Waals surface area (Å²) in [5.74, 6) is -2.70. The first-order chi connectivity index (χ1) is 12.4. The van der Waals surface area contributed by atoms with Gasteiger partial charge in [0.1, 0.15) is 17.3 Å². The summed E-state index contributed by atoms with van der Waals surface area (Å²) in [5, 5.41) is 12.8. The number of piperidine rings is 1. The van der Waals surface area contributed by atoms with Crippen LogP contribution in [0.2, 0.25) is 0 Å². The van der Waals surface area contributed by atoms with Crippen LogP contribution in [0.15, 0.2) is 42.6 Å². The third-order valence-corrected chi connectivity index (χ3v) is 4.19. The van der Waals surface area contributed by atoms with Crippen molar-refractivity contribution in [1.82, 2.24) is 15.2 Å². The fraction of sp³-hybridized carbons (Fsp3) is 0.278. The third kappa shape index (κ3) is 4.02. The van der Waals surface area contributed by atoms with E-state index >= 15 is 0 Å². The van der Waals surface area contributed by atoms with Crippen molar-refractivity contribution >= 4 is 11.8 Å². The third-order valence-electron chi connectivity index (χ3n) is 4.19. The van der Waals surface area contributed by atoms with Crippen molar-refractivity contribution in [2.75, 3.05) is 13.1 Å². The summed E-state index contributed by atoms with van der Waals surface area (Å²) < 4.78 is 26.5. The molecule has 136 valence electrons. The van der Waals surface area contributed by atoms with E-state index in [0.717, 1.165) is 12.1 Å². The second-order valence-electron chi connectivity index (χ2n) is 6.06. The van der Waals surface area contributed by atoms with E-state index in [2.05, 4.69) is 10.3 Å². The van der Waals surface area contributed by atoms with E-state index in [-0.39, 0.29) is 23.7 Å². The summed E-state index contributed by atoms with van der Waals surface area (Å²) >= 11 is 0. The summed E-state index contributed by atoms with van der Waals surface area (Å²) in [7, 11) is 0. The molecule has 8 heteroatoms. The Balaban J connectivity index is 1.62. The van der Waals surface area contributed by atoms with Gasteiger partial charge in [-0.05, 0) is 30.7 Å². The zero-order valence-corrected chi connectivity index (χ0v) is 13.7. The highest BCUT2D eigenvalue weighted by molar-refractivity contribution is 5.94. The Hall–Kier alpha value is -2.87. The quantitative estimate of drug-likeness (QED) is 0.865. The van der Waals surface area contributed by atoms with Gasteiger partial charge < -0.3 is 15.3 Å². The van der Waals surface area contributed by atoms with Crippen molar-refractivity contribution < 1.29 is 23.5 Å². The molecule has 2 amide bonds. The predicted octanol–water partition coefficient (Wildman–Crippen LogP) is 1.37. The number of nitrogens with zero attached hydrogens (tertiary/aromatic N) is 2. The van der Waals surface area contributed by atoms with Crippen molar-refractivity contribution in [3.8, 4) is 0 Å². The number of halogens is 2. The summed E-state index contributed by atoms with van der Waals surface area (Å²) in [4.78, 5) is 30.0. The lowest BCUT2D eigenvalue weighted by atomic mass is 10.0. The van der Waals surface area contributed by atoms with Gasteiger partial charge in [0, 0.05) is 30.9 Å². The van der Waals surface area contributed by atoms with Crippen LogP contribution in [0.5, 0.6) is 0 Å². The van der Waals surface area contributed by atoms with Crippen molar-refractivity contribution in [2.45, 2.75) is 18.6 Å². The van der Waals surface area contributed by atoms with Crippen LogP contribution in [-0.2, 0) is 0 Å². The van der Waals surface area contributed by atoms with E-state index in [0.29, 0.717) is 19.0 Å². The molecule has 2 N–H and O–H groups in total. The first-order valence-corrected chi connectivity index (χ1v) is 8.09. The van der Waals surface area contributed by atoms with Gasteiger partial charge in [-0.25, -0.2) is 8.78 Å². The molecule has 0 aliphatic carbocycles. The maximum Gasteiger partial charge on any atom is 0.272 e. The molecule has 0 radical (unpaired) electrons. The smallest absolute Gasteiger partial charge is 0.272 e. The van der Waals surface area contributed by atoms with Crippen LogP contribution in [0.4, 0.5) is 8.78 Å². The molecule has 0 bridgehead atoms. The number of amides is 2. The molecule has 2 atom stereocenters.